The summed E-state index contributed by atoms with van der Waals surface area (Å²) in [7, 11) is 0. The summed E-state index contributed by atoms with van der Waals surface area (Å²) in [5.74, 6) is -0.337. The fraction of sp³-hybridized carbons (Fsp3) is 0.556. The van der Waals surface area contributed by atoms with Gasteiger partial charge in [0.1, 0.15) is 0 Å². The lowest BCUT2D eigenvalue weighted by atomic mass is 10.2. The third kappa shape index (κ3) is 1.27. The Morgan fingerprint density at radius 2 is 1.77 bits per heavy atom. The molecule has 2 amide bonds. The van der Waals surface area contributed by atoms with Gasteiger partial charge < -0.3 is 4.74 Å². The SMILES string of the molecule is CC1=C(C)C(=O)N(C[C@H]2CO2)C1=O. The molecular formula is C9H11NO3. The van der Waals surface area contributed by atoms with Crippen LogP contribution in [0, 0.1) is 0 Å². The van der Waals surface area contributed by atoms with E-state index in [4.69, 9.17) is 4.74 Å². The first-order valence-electron chi connectivity index (χ1n) is 4.26. The first kappa shape index (κ1) is 8.44. The van der Waals surface area contributed by atoms with Gasteiger partial charge >= 0.3 is 0 Å². The van der Waals surface area contributed by atoms with Gasteiger partial charge in [-0.3, -0.25) is 14.5 Å². The van der Waals surface area contributed by atoms with Gasteiger partial charge in [0.05, 0.1) is 19.3 Å². The van der Waals surface area contributed by atoms with Crippen LogP contribution in [0.5, 0.6) is 0 Å². The minimum absolute atomic E-state index is 0.0756. The van der Waals surface area contributed by atoms with E-state index in [-0.39, 0.29) is 17.9 Å². The van der Waals surface area contributed by atoms with Gasteiger partial charge in [-0.05, 0) is 13.8 Å². The van der Waals surface area contributed by atoms with Crippen LogP contribution in [-0.4, -0.2) is 36.0 Å². The molecule has 70 valence electrons. The van der Waals surface area contributed by atoms with Gasteiger partial charge in [-0.15, -0.1) is 0 Å². The normalized spacial score (nSPS) is 27.5. The van der Waals surface area contributed by atoms with Crippen LogP contribution in [0.25, 0.3) is 0 Å². The molecule has 0 aliphatic carbocycles. The van der Waals surface area contributed by atoms with Gasteiger partial charge in [0, 0.05) is 11.1 Å². The van der Waals surface area contributed by atoms with E-state index in [9.17, 15) is 9.59 Å². The Balaban J connectivity index is 2.15. The molecule has 2 rings (SSSR count). The van der Waals surface area contributed by atoms with Crippen LogP contribution >= 0.6 is 0 Å². The molecule has 13 heavy (non-hydrogen) atoms. The van der Waals surface area contributed by atoms with Crippen molar-refractivity contribution in [3.05, 3.63) is 11.1 Å². The highest BCUT2D eigenvalue weighted by Crippen LogP contribution is 2.22. The molecule has 1 saturated heterocycles. The Labute approximate surface area is 76.2 Å². The van der Waals surface area contributed by atoms with Crippen molar-refractivity contribution < 1.29 is 14.3 Å². The Hall–Kier alpha value is -1.16. The van der Waals surface area contributed by atoms with Crippen molar-refractivity contribution in [2.24, 2.45) is 0 Å². The standard InChI is InChI=1S/C9H11NO3/c1-5-6(2)9(12)10(8(5)11)3-7-4-13-7/h7H,3-4H2,1-2H3/t7-/m0/s1. The molecule has 4 nitrogen and oxygen atoms in total. The number of carbonyl (C=O) groups is 2. The molecule has 1 fully saturated rings. The number of imide groups is 1. The van der Waals surface area contributed by atoms with E-state index >= 15 is 0 Å². The maximum Gasteiger partial charge on any atom is 0.256 e. The maximum absolute atomic E-state index is 11.5. The van der Waals surface area contributed by atoms with E-state index in [1.54, 1.807) is 13.8 Å². The Morgan fingerprint density at radius 3 is 2.15 bits per heavy atom. The second-order valence-corrected chi connectivity index (χ2v) is 3.43. The molecule has 2 aliphatic heterocycles. The van der Waals surface area contributed by atoms with Crippen LogP contribution in [-0.2, 0) is 14.3 Å². The second kappa shape index (κ2) is 2.67. The minimum atomic E-state index is -0.169. The second-order valence-electron chi connectivity index (χ2n) is 3.43. The Bertz CT molecular complexity index is 291. The predicted molar refractivity (Wildman–Crippen MR) is 44.8 cm³/mol. The average Bonchev–Trinajstić information content (AvgIpc) is 2.89. The lowest BCUT2D eigenvalue weighted by Crippen LogP contribution is -2.34. The van der Waals surface area contributed by atoms with E-state index in [0.717, 1.165) is 0 Å². The van der Waals surface area contributed by atoms with Crippen LogP contribution in [0.1, 0.15) is 13.8 Å². The summed E-state index contributed by atoms with van der Waals surface area (Å²) >= 11 is 0. The summed E-state index contributed by atoms with van der Waals surface area (Å²) in [6.45, 7) is 4.44. The van der Waals surface area contributed by atoms with Crippen LogP contribution in [0.2, 0.25) is 0 Å². The van der Waals surface area contributed by atoms with E-state index in [1.807, 2.05) is 0 Å². The van der Waals surface area contributed by atoms with Crippen molar-refractivity contribution in [1.82, 2.24) is 4.90 Å². The molecule has 4 heteroatoms. The largest absolute Gasteiger partial charge is 0.371 e. The number of hydrogen-bond acceptors (Lipinski definition) is 3. The molecule has 0 aromatic rings. The average molecular weight is 181 g/mol. The molecule has 1 atom stereocenters. The Morgan fingerprint density at radius 1 is 1.31 bits per heavy atom. The van der Waals surface area contributed by atoms with Crippen molar-refractivity contribution in [1.29, 1.82) is 0 Å². The summed E-state index contributed by atoms with van der Waals surface area (Å²) in [5, 5.41) is 0. The summed E-state index contributed by atoms with van der Waals surface area (Å²) in [5.41, 5.74) is 1.12. The smallest absolute Gasteiger partial charge is 0.256 e. The lowest BCUT2D eigenvalue weighted by molar-refractivity contribution is -0.137. The van der Waals surface area contributed by atoms with Crippen molar-refractivity contribution in [3.8, 4) is 0 Å². The molecule has 0 radical (unpaired) electrons. The lowest BCUT2D eigenvalue weighted by Gasteiger charge is -2.12. The van der Waals surface area contributed by atoms with E-state index in [0.29, 0.717) is 24.3 Å². The highest BCUT2D eigenvalue weighted by Gasteiger charge is 2.37. The van der Waals surface area contributed by atoms with E-state index in [1.165, 1.54) is 4.90 Å². The third-order valence-electron chi connectivity index (χ3n) is 2.48. The first-order chi connectivity index (χ1) is 6.11. The summed E-state index contributed by atoms with van der Waals surface area (Å²) in [4.78, 5) is 24.2. The molecule has 0 unspecified atom stereocenters. The molecule has 2 heterocycles. The molecule has 0 N–H and O–H groups in total. The van der Waals surface area contributed by atoms with Crippen molar-refractivity contribution >= 4 is 11.8 Å². The van der Waals surface area contributed by atoms with Gasteiger partial charge in [0.25, 0.3) is 11.8 Å². The molecule has 0 aromatic heterocycles. The molecule has 0 saturated carbocycles. The number of nitrogens with zero attached hydrogens (tertiary/aromatic N) is 1. The summed E-state index contributed by atoms with van der Waals surface area (Å²) in [6.07, 6.45) is 0.0756. The maximum atomic E-state index is 11.5. The molecule has 2 aliphatic rings. The number of carbonyl (C=O) groups excluding carboxylic acids is 2. The quantitative estimate of drug-likeness (QED) is 0.448. The number of amides is 2. The van der Waals surface area contributed by atoms with Gasteiger partial charge in [0.15, 0.2) is 0 Å². The van der Waals surface area contributed by atoms with Crippen molar-refractivity contribution in [2.45, 2.75) is 20.0 Å². The van der Waals surface area contributed by atoms with Gasteiger partial charge in [0.2, 0.25) is 0 Å². The number of epoxide rings is 1. The topological polar surface area (TPSA) is 49.9 Å². The van der Waals surface area contributed by atoms with Crippen LogP contribution in [0.3, 0.4) is 0 Å². The zero-order valence-electron chi connectivity index (χ0n) is 7.66. The fourth-order valence-corrected chi connectivity index (χ4v) is 1.36. The zero-order valence-corrected chi connectivity index (χ0v) is 7.66. The summed E-state index contributed by atoms with van der Waals surface area (Å²) < 4.78 is 4.97. The molecule has 0 spiro atoms. The molecular weight excluding hydrogens is 170 g/mol. The van der Waals surface area contributed by atoms with Crippen molar-refractivity contribution in [2.75, 3.05) is 13.2 Å². The highest BCUT2D eigenvalue weighted by atomic mass is 16.6. The van der Waals surface area contributed by atoms with Crippen molar-refractivity contribution in [3.63, 3.8) is 0 Å². The monoisotopic (exact) mass is 181 g/mol. The van der Waals surface area contributed by atoms with Crippen LogP contribution < -0.4 is 0 Å². The van der Waals surface area contributed by atoms with Gasteiger partial charge in [-0.1, -0.05) is 0 Å². The molecule has 0 aromatic carbocycles. The molecule has 0 bridgehead atoms. The summed E-state index contributed by atoms with van der Waals surface area (Å²) in [6, 6.07) is 0. The number of rotatable bonds is 2. The van der Waals surface area contributed by atoms with E-state index in [2.05, 4.69) is 0 Å². The van der Waals surface area contributed by atoms with Gasteiger partial charge in [-0.25, -0.2) is 0 Å². The predicted octanol–water partition coefficient (Wildman–Crippen LogP) is 0.0904. The first-order valence-corrected chi connectivity index (χ1v) is 4.26. The third-order valence-corrected chi connectivity index (χ3v) is 2.48. The Kier molecular flexibility index (Phi) is 1.73. The minimum Gasteiger partial charge on any atom is -0.371 e. The van der Waals surface area contributed by atoms with Crippen LogP contribution in [0.15, 0.2) is 11.1 Å². The van der Waals surface area contributed by atoms with Crippen LogP contribution in [0.4, 0.5) is 0 Å². The number of hydrogen-bond donors (Lipinski definition) is 0. The van der Waals surface area contributed by atoms with E-state index < -0.39 is 0 Å². The fourth-order valence-electron chi connectivity index (χ4n) is 1.36. The zero-order chi connectivity index (χ0) is 9.59. The number of ether oxygens (including phenoxy) is 1. The highest BCUT2D eigenvalue weighted by molar-refractivity contribution is 6.18. The van der Waals surface area contributed by atoms with Gasteiger partial charge in [-0.2, -0.15) is 0 Å².